The molecule has 1 aliphatic rings. The molecule has 1 unspecified atom stereocenters. The predicted molar refractivity (Wildman–Crippen MR) is 98.4 cm³/mol. The van der Waals surface area contributed by atoms with Gasteiger partial charge in [0.1, 0.15) is 5.00 Å². The Morgan fingerprint density at radius 2 is 2.08 bits per heavy atom. The van der Waals surface area contributed by atoms with Crippen LogP contribution < -0.4 is 5.32 Å². The topological polar surface area (TPSA) is 72.5 Å². The van der Waals surface area contributed by atoms with Crippen LogP contribution in [0.4, 0.5) is 5.00 Å². The van der Waals surface area contributed by atoms with Crippen LogP contribution in [-0.4, -0.2) is 28.6 Å². The third kappa shape index (κ3) is 3.72. The molecule has 132 valence electrons. The predicted octanol–water partition coefficient (Wildman–Crippen LogP) is 4.34. The first-order valence-corrected chi connectivity index (χ1v) is 9.79. The summed E-state index contributed by atoms with van der Waals surface area (Å²) in [6.45, 7) is 5.45. The number of ketones is 1. The van der Waals surface area contributed by atoms with Gasteiger partial charge in [0, 0.05) is 6.92 Å². The molecule has 0 bridgehead atoms. The number of amides is 1. The van der Waals surface area contributed by atoms with Gasteiger partial charge in [-0.2, -0.15) is 0 Å². The van der Waals surface area contributed by atoms with Gasteiger partial charge in [0.25, 0.3) is 0 Å². The second-order valence-corrected chi connectivity index (χ2v) is 8.45. The zero-order valence-electron chi connectivity index (χ0n) is 14.2. The number of fused-ring (bicyclic) bond motifs is 1. The number of hydrogen-bond acceptors (Lipinski definition) is 5. The van der Waals surface area contributed by atoms with Gasteiger partial charge in [-0.15, -0.1) is 11.3 Å². The fraction of sp³-hybridized carbons (Fsp3) is 0.588. The number of carbonyl (C=O) groups excluding carboxylic acids is 3. The van der Waals surface area contributed by atoms with Crippen LogP contribution >= 0.6 is 27.3 Å². The fourth-order valence-electron chi connectivity index (χ4n) is 2.89. The maximum absolute atomic E-state index is 13.0. The number of thiophene rings is 1. The van der Waals surface area contributed by atoms with Gasteiger partial charge >= 0.3 is 5.97 Å². The first kappa shape index (κ1) is 19.1. The van der Waals surface area contributed by atoms with E-state index in [9.17, 15) is 14.4 Å². The highest BCUT2D eigenvalue weighted by molar-refractivity contribution is 9.10. The first-order valence-electron chi connectivity index (χ1n) is 8.18. The summed E-state index contributed by atoms with van der Waals surface area (Å²) in [4.78, 5) is 37.3. The van der Waals surface area contributed by atoms with E-state index in [4.69, 9.17) is 4.74 Å². The summed E-state index contributed by atoms with van der Waals surface area (Å²) in [5, 5.41) is 3.08. The summed E-state index contributed by atoms with van der Waals surface area (Å²) in [5.41, 5.74) is 1.05. The molecule has 1 amide bonds. The van der Waals surface area contributed by atoms with Crippen LogP contribution in [0.5, 0.6) is 0 Å². The Bertz CT molecular complexity index is 670. The van der Waals surface area contributed by atoms with Crippen LogP contribution in [0, 0.1) is 0 Å². The molecule has 1 atom stereocenters. The minimum absolute atomic E-state index is 0.00403. The Morgan fingerprint density at radius 1 is 1.38 bits per heavy atom. The second-order valence-electron chi connectivity index (χ2n) is 5.91. The van der Waals surface area contributed by atoms with E-state index in [1.165, 1.54) is 18.3 Å². The van der Waals surface area contributed by atoms with Gasteiger partial charge in [-0.25, -0.2) is 4.79 Å². The summed E-state index contributed by atoms with van der Waals surface area (Å²) in [7, 11) is 0. The number of hydrogen-bond donors (Lipinski definition) is 1. The van der Waals surface area contributed by atoms with E-state index in [0.29, 0.717) is 33.8 Å². The lowest BCUT2D eigenvalue weighted by molar-refractivity contribution is -0.114. The summed E-state index contributed by atoms with van der Waals surface area (Å²) in [6, 6.07) is 0. The molecule has 1 heterocycles. The Hall–Kier alpha value is -1.21. The molecule has 5 nitrogen and oxygen atoms in total. The highest BCUT2D eigenvalue weighted by Gasteiger charge is 2.43. The monoisotopic (exact) mass is 415 g/mol. The van der Waals surface area contributed by atoms with E-state index in [2.05, 4.69) is 28.2 Å². The number of ether oxygens (including phenoxy) is 1. The summed E-state index contributed by atoms with van der Waals surface area (Å²) in [5.74, 6) is -0.755. The van der Waals surface area contributed by atoms with Crippen molar-refractivity contribution >= 4 is 49.9 Å². The Morgan fingerprint density at radius 3 is 2.67 bits per heavy atom. The largest absolute Gasteiger partial charge is 0.462 e. The van der Waals surface area contributed by atoms with E-state index in [-0.39, 0.29) is 18.3 Å². The van der Waals surface area contributed by atoms with Crippen molar-refractivity contribution in [2.24, 2.45) is 0 Å². The number of rotatable bonds is 6. The van der Waals surface area contributed by atoms with Crippen molar-refractivity contribution in [1.82, 2.24) is 0 Å². The van der Waals surface area contributed by atoms with Gasteiger partial charge in [0.05, 0.1) is 21.4 Å². The molecule has 0 saturated carbocycles. The van der Waals surface area contributed by atoms with Gasteiger partial charge in [0.15, 0.2) is 5.78 Å². The molecule has 1 aromatic heterocycles. The minimum Gasteiger partial charge on any atom is -0.462 e. The number of halogens is 1. The fourth-order valence-corrected chi connectivity index (χ4v) is 5.02. The molecule has 7 heteroatoms. The van der Waals surface area contributed by atoms with E-state index in [0.717, 1.165) is 19.3 Å². The Balaban J connectivity index is 2.46. The zero-order valence-corrected chi connectivity index (χ0v) is 16.6. The smallest absolute Gasteiger partial charge is 0.341 e. The van der Waals surface area contributed by atoms with Gasteiger partial charge in [0.2, 0.25) is 5.91 Å². The molecule has 0 saturated heterocycles. The van der Waals surface area contributed by atoms with E-state index in [1.807, 2.05) is 0 Å². The van der Waals surface area contributed by atoms with Crippen molar-refractivity contribution in [2.75, 3.05) is 11.9 Å². The lowest BCUT2D eigenvalue weighted by Gasteiger charge is -2.30. The number of esters is 1. The van der Waals surface area contributed by atoms with Crippen molar-refractivity contribution in [1.29, 1.82) is 0 Å². The summed E-state index contributed by atoms with van der Waals surface area (Å²) in [6.07, 6.45) is 4.00. The Labute approximate surface area is 154 Å². The van der Waals surface area contributed by atoms with Crippen LogP contribution in [0.1, 0.15) is 72.0 Å². The van der Waals surface area contributed by atoms with Crippen molar-refractivity contribution in [2.45, 2.75) is 57.2 Å². The van der Waals surface area contributed by atoms with Crippen molar-refractivity contribution < 1.29 is 19.1 Å². The lowest BCUT2D eigenvalue weighted by Crippen LogP contribution is -2.36. The van der Waals surface area contributed by atoms with E-state index in [1.54, 1.807) is 6.92 Å². The molecule has 0 fully saturated rings. The van der Waals surface area contributed by atoms with Crippen LogP contribution in [0.25, 0.3) is 0 Å². The molecular weight excluding hydrogens is 394 g/mol. The number of Topliss-reactive ketones (excluding diaryl/α,β-unsaturated/α-hetero) is 1. The maximum atomic E-state index is 13.0. The highest BCUT2D eigenvalue weighted by atomic mass is 79.9. The first-order chi connectivity index (χ1) is 11.3. The SMILES string of the molecule is CCCCC1(Br)CCc2c(sc(NC(C)=O)c2C(=O)OCC)C1=O. The Kier molecular flexibility index (Phi) is 6.20. The van der Waals surface area contributed by atoms with Crippen LogP contribution in [-0.2, 0) is 16.0 Å². The molecule has 0 radical (unpaired) electrons. The van der Waals surface area contributed by atoms with Crippen molar-refractivity contribution in [3.63, 3.8) is 0 Å². The third-order valence-electron chi connectivity index (χ3n) is 4.09. The van der Waals surface area contributed by atoms with Gasteiger partial charge < -0.3 is 10.1 Å². The standard InChI is InChI=1S/C17H22BrNO4S/c1-4-6-8-17(18)9-7-11-12(16(22)23-5-2)15(19-10(3)20)24-13(11)14(17)21/h4-9H2,1-3H3,(H,19,20). The molecular formula is C17H22BrNO4S. The molecule has 1 N–H and O–H groups in total. The third-order valence-corrected chi connectivity index (χ3v) is 6.39. The average Bonchev–Trinajstić information content (AvgIpc) is 2.87. The second kappa shape index (κ2) is 7.78. The molecule has 24 heavy (non-hydrogen) atoms. The van der Waals surface area contributed by atoms with E-state index >= 15 is 0 Å². The average molecular weight is 416 g/mol. The number of nitrogens with one attached hydrogen (secondary N) is 1. The molecule has 0 aromatic carbocycles. The van der Waals surface area contributed by atoms with Crippen LogP contribution in [0.15, 0.2) is 0 Å². The number of unbranched alkanes of at least 4 members (excludes halogenated alkanes) is 1. The molecule has 0 spiro atoms. The van der Waals surface area contributed by atoms with E-state index < -0.39 is 10.3 Å². The number of anilines is 1. The summed E-state index contributed by atoms with van der Waals surface area (Å²) < 4.78 is 4.55. The van der Waals surface area contributed by atoms with Gasteiger partial charge in [-0.05, 0) is 31.7 Å². The molecule has 0 aliphatic heterocycles. The molecule has 2 rings (SSSR count). The lowest BCUT2D eigenvalue weighted by atomic mass is 9.83. The van der Waals surface area contributed by atoms with Gasteiger partial charge in [-0.1, -0.05) is 35.7 Å². The normalized spacial score (nSPS) is 19.8. The van der Waals surface area contributed by atoms with Gasteiger partial charge in [-0.3, -0.25) is 9.59 Å². The zero-order chi connectivity index (χ0) is 17.9. The summed E-state index contributed by atoms with van der Waals surface area (Å²) >= 11 is 4.81. The van der Waals surface area contributed by atoms with Crippen LogP contribution in [0.2, 0.25) is 0 Å². The molecule has 1 aliphatic carbocycles. The minimum atomic E-state index is -0.569. The molecule has 1 aromatic rings. The maximum Gasteiger partial charge on any atom is 0.341 e. The van der Waals surface area contributed by atoms with Crippen molar-refractivity contribution in [3.8, 4) is 0 Å². The van der Waals surface area contributed by atoms with Crippen molar-refractivity contribution in [3.05, 3.63) is 16.0 Å². The highest BCUT2D eigenvalue weighted by Crippen LogP contribution is 2.46. The number of carbonyl (C=O) groups is 3. The van der Waals surface area contributed by atoms with Crippen LogP contribution in [0.3, 0.4) is 0 Å². The quantitative estimate of drug-likeness (QED) is 0.553. The number of alkyl halides is 1.